The van der Waals surface area contributed by atoms with Crippen molar-refractivity contribution in [3.05, 3.63) is 60.0 Å². The molecule has 44 heavy (non-hydrogen) atoms. The summed E-state index contributed by atoms with van der Waals surface area (Å²) in [6.45, 7) is 6.76. The molecule has 0 spiro atoms. The molecule has 2 fully saturated rings. The van der Waals surface area contributed by atoms with Crippen molar-refractivity contribution >= 4 is 45.6 Å². The molecule has 228 valence electrons. The minimum Gasteiger partial charge on any atom is -0.497 e. The van der Waals surface area contributed by atoms with Crippen molar-refractivity contribution in [2.75, 3.05) is 70.8 Å². The highest BCUT2D eigenvalue weighted by atomic mass is 35.5. The van der Waals surface area contributed by atoms with Crippen molar-refractivity contribution in [1.29, 1.82) is 0 Å². The lowest BCUT2D eigenvalue weighted by molar-refractivity contribution is 0.115. The molecule has 7 rings (SSSR count). The van der Waals surface area contributed by atoms with Crippen LogP contribution in [-0.4, -0.2) is 101 Å². The van der Waals surface area contributed by atoms with Crippen LogP contribution in [0.2, 0.25) is 5.02 Å². The third kappa shape index (κ3) is 5.47. The Balaban J connectivity index is 1.09. The van der Waals surface area contributed by atoms with E-state index in [0.717, 1.165) is 48.9 Å². The molecule has 0 atom stereocenters. The smallest absolute Gasteiger partial charge is 0.229 e. The van der Waals surface area contributed by atoms with Crippen molar-refractivity contribution in [2.45, 2.75) is 18.9 Å². The molecule has 2 saturated heterocycles. The summed E-state index contributed by atoms with van der Waals surface area (Å²) in [4.78, 5) is 17.0. The van der Waals surface area contributed by atoms with Crippen LogP contribution < -0.4 is 19.7 Å². The Morgan fingerprint density at radius 2 is 1.66 bits per heavy atom. The predicted octanol–water partition coefficient (Wildman–Crippen LogP) is 4.97. The molecule has 0 unspecified atom stereocenters. The van der Waals surface area contributed by atoms with E-state index in [0.29, 0.717) is 39.3 Å². The van der Waals surface area contributed by atoms with Gasteiger partial charge in [-0.25, -0.2) is 4.98 Å². The fourth-order valence-electron chi connectivity index (χ4n) is 6.35. The molecule has 1 N–H and O–H groups in total. The number of benzene rings is 2. The molecule has 0 bridgehead atoms. The maximum atomic E-state index is 6.72. The molecule has 0 amide bonds. The van der Waals surface area contributed by atoms with Crippen LogP contribution in [0.5, 0.6) is 11.5 Å². The van der Waals surface area contributed by atoms with Crippen LogP contribution in [-0.2, 0) is 0 Å². The van der Waals surface area contributed by atoms with Gasteiger partial charge in [-0.3, -0.25) is 9.30 Å². The molecule has 0 radical (unpaired) electrons. The third-order valence-corrected chi connectivity index (χ3v) is 9.27. The topological polar surface area (TPSA) is 96.2 Å². The Bertz CT molecular complexity index is 1780. The summed E-state index contributed by atoms with van der Waals surface area (Å²) < 4.78 is 12.8. The van der Waals surface area contributed by atoms with E-state index in [2.05, 4.69) is 66.5 Å². The quantitative estimate of drug-likeness (QED) is 0.271. The van der Waals surface area contributed by atoms with E-state index in [-0.39, 0.29) is 0 Å². The number of nitrogens with one attached hydrogen (secondary N) is 1. The summed E-state index contributed by atoms with van der Waals surface area (Å²) in [5.41, 5.74) is 4.93. The number of nitrogens with zero attached hydrogens (tertiary/aromatic N) is 8. The van der Waals surface area contributed by atoms with Crippen LogP contribution in [0.1, 0.15) is 12.8 Å². The first-order chi connectivity index (χ1) is 21.5. The van der Waals surface area contributed by atoms with Gasteiger partial charge in [-0.1, -0.05) is 11.6 Å². The number of ether oxygens (including phenoxy) is 2. The van der Waals surface area contributed by atoms with E-state index < -0.39 is 0 Å². The number of hydrogen-bond acceptors (Lipinski definition) is 10. The molecule has 2 aliphatic heterocycles. The monoisotopic (exact) mass is 613 g/mol. The number of fused-ring (bicyclic) bond motifs is 3. The lowest BCUT2D eigenvalue weighted by Crippen LogP contribution is -2.52. The van der Waals surface area contributed by atoms with Crippen molar-refractivity contribution < 1.29 is 9.47 Å². The number of pyridine rings is 1. The minimum absolute atomic E-state index is 0.458. The van der Waals surface area contributed by atoms with Gasteiger partial charge < -0.3 is 24.6 Å². The van der Waals surface area contributed by atoms with Crippen LogP contribution in [0, 0.1) is 0 Å². The Kier molecular flexibility index (Phi) is 7.84. The van der Waals surface area contributed by atoms with Crippen LogP contribution in [0.25, 0.3) is 27.8 Å². The fraction of sp³-hybridized carbons (Fsp3) is 0.375. The lowest BCUT2D eigenvalue weighted by atomic mass is 10.0. The molecule has 5 heterocycles. The van der Waals surface area contributed by atoms with Gasteiger partial charge in [0.15, 0.2) is 11.3 Å². The second-order valence-electron chi connectivity index (χ2n) is 11.5. The number of piperazine rings is 1. The highest BCUT2D eigenvalue weighted by molar-refractivity contribution is 6.35. The number of hydrogen-bond donors (Lipinski definition) is 1. The average Bonchev–Trinajstić information content (AvgIpc) is 3.56. The number of likely N-dealkylation sites (tertiary alicyclic amines) is 1. The average molecular weight is 614 g/mol. The van der Waals surface area contributed by atoms with Crippen molar-refractivity contribution in [1.82, 2.24) is 34.4 Å². The molecule has 11 nitrogen and oxygen atoms in total. The van der Waals surface area contributed by atoms with Crippen LogP contribution in [0.4, 0.5) is 17.3 Å². The van der Waals surface area contributed by atoms with E-state index in [1.54, 1.807) is 32.8 Å². The van der Waals surface area contributed by atoms with E-state index in [9.17, 15) is 0 Å². The highest BCUT2D eigenvalue weighted by Gasteiger charge is 2.26. The van der Waals surface area contributed by atoms with Gasteiger partial charge in [-0.05, 0) is 69.4 Å². The summed E-state index contributed by atoms with van der Waals surface area (Å²) in [7, 11) is 5.40. The zero-order valence-electron chi connectivity index (χ0n) is 25.2. The zero-order valence-corrected chi connectivity index (χ0v) is 26.0. The summed E-state index contributed by atoms with van der Waals surface area (Å²) in [6, 6.07) is 14.8. The first-order valence-electron chi connectivity index (χ1n) is 15.0. The van der Waals surface area contributed by atoms with Gasteiger partial charge >= 0.3 is 0 Å². The molecule has 3 aromatic heterocycles. The summed E-state index contributed by atoms with van der Waals surface area (Å²) in [5.74, 6) is 1.62. The number of aromatic nitrogens is 5. The van der Waals surface area contributed by atoms with E-state index >= 15 is 0 Å². The van der Waals surface area contributed by atoms with Crippen LogP contribution >= 0.6 is 11.6 Å². The minimum atomic E-state index is 0.458. The molecule has 0 saturated carbocycles. The highest BCUT2D eigenvalue weighted by Crippen LogP contribution is 2.41. The fourth-order valence-corrected chi connectivity index (χ4v) is 6.64. The number of methoxy groups -OCH3 is 2. The van der Waals surface area contributed by atoms with Gasteiger partial charge in [-0.15, -0.1) is 10.2 Å². The Hall–Kier alpha value is -4.19. The molecule has 2 aliphatic rings. The van der Waals surface area contributed by atoms with E-state index in [1.807, 2.05) is 16.5 Å². The zero-order chi connectivity index (χ0) is 30.2. The van der Waals surface area contributed by atoms with Gasteiger partial charge in [0.25, 0.3) is 0 Å². The van der Waals surface area contributed by atoms with Crippen molar-refractivity contribution in [2.24, 2.45) is 0 Å². The Morgan fingerprint density at radius 1 is 0.886 bits per heavy atom. The number of anilines is 3. The molecule has 12 heteroatoms. The van der Waals surface area contributed by atoms with Gasteiger partial charge in [0.05, 0.1) is 19.2 Å². The van der Waals surface area contributed by atoms with Gasteiger partial charge in [0.1, 0.15) is 17.8 Å². The lowest BCUT2D eigenvalue weighted by Gasteiger charge is -2.42. The normalized spacial score (nSPS) is 17.0. The van der Waals surface area contributed by atoms with E-state index in [1.165, 1.54) is 31.6 Å². The number of piperidine rings is 1. The molecule has 0 aliphatic carbocycles. The largest absolute Gasteiger partial charge is 0.497 e. The molecule has 5 aromatic rings. The Morgan fingerprint density at radius 3 is 2.39 bits per heavy atom. The summed E-state index contributed by atoms with van der Waals surface area (Å²) in [5, 5.41) is 13.2. The van der Waals surface area contributed by atoms with Crippen LogP contribution in [0.3, 0.4) is 0 Å². The molecular weight excluding hydrogens is 578 g/mol. The first kappa shape index (κ1) is 28.6. The standard InChI is InChI=1S/C32H36ClN9O2/c1-39-10-8-24(9-11-39)41-14-12-40(13-15-41)23-6-4-22(5-7-23)36-32-34-19-21-16-27(31-38-35-20-42(31)30(21)37-32)26-17-25(43-2)18-28(44-3)29(26)33/h4-7,16-20,24H,8-15H2,1-3H3,(H,34,36,37). The molecule has 2 aromatic carbocycles. The Labute approximate surface area is 261 Å². The maximum absolute atomic E-state index is 6.72. The number of rotatable bonds is 7. The van der Waals surface area contributed by atoms with E-state index in [4.69, 9.17) is 26.1 Å². The van der Waals surface area contributed by atoms with Crippen molar-refractivity contribution in [3.8, 4) is 22.6 Å². The van der Waals surface area contributed by atoms with Gasteiger partial charge in [0.2, 0.25) is 5.95 Å². The predicted molar refractivity (Wildman–Crippen MR) is 174 cm³/mol. The van der Waals surface area contributed by atoms with Gasteiger partial charge in [-0.2, -0.15) is 4.98 Å². The summed E-state index contributed by atoms with van der Waals surface area (Å²) in [6.07, 6.45) is 5.99. The third-order valence-electron chi connectivity index (χ3n) is 8.88. The van der Waals surface area contributed by atoms with Gasteiger partial charge in [0, 0.05) is 72.4 Å². The number of halogens is 1. The molecular formula is C32H36ClN9O2. The van der Waals surface area contributed by atoms with Crippen LogP contribution in [0.15, 0.2) is 55.0 Å². The SMILES string of the molecule is COc1cc(OC)c(Cl)c(-c2cc3cnc(Nc4ccc(N5CCN(C6CCN(C)CC6)CC5)cc4)nc3n3cnnc23)c1. The maximum Gasteiger partial charge on any atom is 0.229 e. The second-order valence-corrected chi connectivity index (χ2v) is 11.9. The van der Waals surface area contributed by atoms with Crippen molar-refractivity contribution in [3.63, 3.8) is 0 Å². The summed E-state index contributed by atoms with van der Waals surface area (Å²) >= 11 is 6.72. The first-order valence-corrected chi connectivity index (χ1v) is 15.3. The second kappa shape index (κ2) is 12.1.